The summed E-state index contributed by atoms with van der Waals surface area (Å²) in [6, 6.07) is 10.6. The fourth-order valence-electron chi connectivity index (χ4n) is 2.29. The monoisotopic (exact) mass is 315 g/mol. The van der Waals surface area contributed by atoms with Gasteiger partial charge in [0.25, 0.3) is 0 Å². The number of halogens is 1. The number of aryl methyl sites for hydroxylation is 2. The minimum absolute atomic E-state index is 0.342. The first kappa shape index (κ1) is 16.8. The van der Waals surface area contributed by atoms with Crippen LogP contribution in [0.25, 0.3) is 0 Å². The summed E-state index contributed by atoms with van der Waals surface area (Å²) in [4.78, 5) is 4.16. The molecule has 2 aromatic rings. The van der Waals surface area contributed by atoms with Crippen LogP contribution in [0.3, 0.4) is 0 Å². The Bertz CT molecular complexity index is 713. The van der Waals surface area contributed by atoms with Gasteiger partial charge in [-0.15, -0.1) is 0 Å². The highest BCUT2D eigenvalue weighted by Gasteiger charge is 2.04. The van der Waals surface area contributed by atoms with Crippen LogP contribution in [0.2, 0.25) is 0 Å². The Morgan fingerprint density at radius 2 is 1.83 bits per heavy atom. The molecule has 0 radical (unpaired) electrons. The van der Waals surface area contributed by atoms with Crippen LogP contribution >= 0.6 is 0 Å². The average molecular weight is 315 g/mol. The van der Waals surface area contributed by atoms with Crippen molar-refractivity contribution < 1.29 is 9.50 Å². The van der Waals surface area contributed by atoms with Gasteiger partial charge in [0, 0.05) is 20.1 Å². The van der Waals surface area contributed by atoms with Crippen LogP contribution in [0, 0.1) is 19.7 Å². The molecule has 0 unspecified atom stereocenters. The maximum absolute atomic E-state index is 13.3. The third-order valence-corrected chi connectivity index (χ3v) is 3.64. The molecule has 0 aromatic heterocycles. The molecule has 122 valence electrons. The summed E-state index contributed by atoms with van der Waals surface area (Å²) >= 11 is 0. The van der Waals surface area contributed by atoms with E-state index in [1.54, 1.807) is 13.1 Å². The third kappa shape index (κ3) is 4.71. The molecule has 2 aromatic carbocycles. The van der Waals surface area contributed by atoms with E-state index in [1.807, 2.05) is 0 Å². The van der Waals surface area contributed by atoms with Gasteiger partial charge in [0.15, 0.2) is 17.5 Å². The van der Waals surface area contributed by atoms with Gasteiger partial charge in [0.1, 0.15) is 0 Å². The summed E-state index contributed by atoms with van der Waals surface area (Å²) in [5.74, 6) is -0.327. The second kappa shape index (κ2) is 7.63. The van der Waals surface area contributed by atoms with E-state index in [2.05, 4.69) is 47.7 Å². The van der Waals surface area contributed by atoms with Crippen molar-refractivity contribution >= 4 is 5.96 Å². The minimum atomic E-state index is -0.623. The highest BCUT2D eigenvalue weighted by atomic mass is 19.1. The Labute approximate surface area is 136 Å². The molecule has 4 nitrogen and oxygen atoms in total. The number of hydrogen-bond acceptors (Lipinski definition) is 2. The van der Waals surface area contributed by atoms with Gasteiger partial charge in [-0.05, 0) is 42.7 Å². The Morgan fingerprint density at radius 3 is 2.48 bits per heavy atom. The number of hydrogen-bond donors (Lipinski definition) is 3. The standard InChI is InChI=1S/C18H22FN3O/c1-12-4-6-15(13(2)8-12)11-22-18(20-3)21-10-14-5-7-17(23)16(19)9-14/h4-9,23H,10-11H2,1-3H3,(H2,20,21,22). The molecule has 0 aliphatic carbocycles. The molecule has 0 amide bonds. The van der Waals surface area contributed by atoms with Crippen LogP contribution in [-0.2, 0) is 13.1 Å². The van der Waals surface area contributed by atoms with Gasteiger partial charge in [-0.1, -0.05) is 29.8 Å². The van der Waals surface area contributed by atoms with E-state index in [4.69, 9.17) is 0 Å². The molecule has 5 heteroatoms. The summed E-state index contributed by atoms with van der Waals surface area (Å²) in [7, 11) is 1.69. The van der Waals surface area contributed by atoms with E-state index in [0.29, 0.717) is 19.0 Å². The number of benzene rings is 2. The van der Waals surface area contributed by atoms with E-state index in [1.165, 1.54) is 28.8 Å². The summed E-state index contributed by atoms with van der Waals surface area (Å²) in [5, 5.41) is 15.6. The number of nitrogens with one attached hydrogen (secondary N) is 2. The molecule has 0 saturated carbocycles. The molecule has 0 saturated heterocycles. The largest absolute Gasteiger partial charge is 0.505 e. The number of phenolic OH excluding ortho intramolecular Hbond substituents is 1. The van der Waals surface area contributed by atoms with Gasteiger partial charge in [-0.3, -0.25) is 4.99 Å². The predicted molar refractivity (Wildman–Crippen MR) is 91.0 cm³/mol. The van der Waals surface area contributed by atoms with Crippen molar-refractivity contribution in [1.82, 2.24) is 10.6 Å². The van der Waals surface area contributed by atoms with Crippen LogP contribution in [0.15, 0.2) is 41.4 Å². The van der Waals surface area contributed by atoms with E-state index in [0.717, 1.165) is 5.56 Å². The predicted octanol–water partition coefficient (Wildman–Crippen LogP) is 3.01. The van der Waals surface area contributed by atoms with E-state index in [9.17, 15) is 9.50 Å². The maximum Gasteiger partial charge on any atom is 0.191 e. The van der Waals surface area contributed by atoms with Crippen LogP contribution in [0.5, 0.6) is 5.75 Å². The molecule has 0 aliphatic heterocycles. The molecule has 0 atom stereocenters. The van der Waals surface area contributed by atoms with E-state index in [-0.39, 0.29) is 5.75 Å². The van der Waals surface area contributed by atoms with Gasteiger partial charge < -0.3 is 15.7 Å². The maximum atomic E-state index is 13.3. The Kier molecular flexibility index (Phi) is 5.57. The summed E-state index contributed by atoms with van der Waals surface area (Å²) in [6.07, 6.45) is 0. The van der Waals surface area contributed by atoms with Crippen LogP contribution in [0.4, 0.5) is 4.39 Å². The number of rotatable bonds is 4. The fraction of sp³-hybridized carbons (Fsp3) is 0.278. The van der Waals surface area contributed by atoms with Crippen molar-refractivity contribution in [2.24, 2.45) is 4.99 Å². The molecule has 0 heterocycles. The van der Waals surface area contributed by atoms with Crippen molar-refractivity contribution in [2.45, 2.75) is 26.9 Å². The van der Waals surface area contributed by atoms with Gasteiger partial charge in [-0.25, -0.2) is 4.39 Å². The van der Waals surface area contributed by atoms with Crippen molar-refractivity contribution in [3.05, 3.63) is 64.5 Å². The number of aliphatic imine (C=N–C) groups is 1. The number of nitrogens with zero attached hydrogens (tertiary/aromatic N) is 1. The Morgan fingerprint density at radius 1 is 1.09 bits per heavy atom. The van der Waals surface area contributed by atoms with Crippen LogP contribution < -0.4 is 10.6 Å². The first-order valence-electron chi connectivity index (χ1n) is 7.47. The Hall–Kier alpha value is -2.56. The summed E-state index contributed by atoms with van der Waals surface area (Å²) in [5.41, 5.74) is 4.40. The lowest BCUT2D eigenvalue weighted by molar-refractivity contribution is 0.431. The minimum Gasteiger partial charge on any atom is -0.505 e. The molecule has 3 N–H and O–H groups in total. The van der Waals surface area contributed by atoms with Crippen molar-refractivity contribution in [1.29, 1.82) is 0 Å². The zero-order chi connectivity index (χ0) is 16.8. The van der Waals surface area contributed by atoms with Crippen molar-refractivity contribution in [2.75, 3.05) is 7.05 Å². The van der Waals surface area contributed by atoms with Crippen LogP contribution in [0.1, 0.15) is 22.3 Å². The third-order valence-electron chi connectivity index (χ3n) is 3.64. The molecule has 0 fully saturated rings. The highest BCUT2D eigenvalue weighted by Crippen LogP contribution is 2.16. The molecule has 0 bridgehead atoms. The quantitative estimate of drug-likeness (QED) is 0.600. The van der Waals surface area contributed by atoms with E-state index >= 15 is 0 Å². The van der Waals surface area contributed by atoms with Crippen molar-refractivity contribution in [3.8, 4) is 5.75 Å². The SMILES string of the molecule is CN=C(NCc1ccc(O)c(F)c1)NCc1ccc(C)cc1C. The zero-order valence-corrected chi connectivity index (χ0v) is 13.7. The van der Waals surface area contributed by atoms with Gasteiger partial charge in [0.05, 0.1) is 0 Å². The number of phenols is 1. The first-order chi connectivity index (χ1) is 11.0. The normalized spacial score (nSPS) is 11.4. The topological polar surface area (TPSA) is 56.7 Å². The lowest BCUT2D eigenvalue weighted by Gasteiger charge is -2.13. The van der Waals surface area contributed by atoms with Crippen LogP contribution in [-0.4, -0.2) is 18.1 Å². The Balaban J connectivity index is 1.91. The fourth-order valence-corrected chi connectivity index (χ4v) is 2.29. The molecule has 0 spiro atoms. The smallest absolute Gasteiger partial charge is 0.191 e. The molecule has 2 rings (SSSR count). The lowest BCUT2D eigenvalue weighted by Crippen LogP contribution is -2.36. The first-order valence-corrected chi connectivity index (χ1v) is 7.47. The van der Waals surface area contributed by atoms with Gasteiger partial charge in [0.2, 0.25) is 0 Å². The van der Waals surface area contributed by atoms with E-state index < -0.39 is 5.82 Å². The number of guanidine groups is 1. The van der Waals surface area contributed by atoms with Gasteiger partial charge in [-0.2, -0.15) is 0 Å². The highest BCUT2D eigenvalue weighted by molar-refractivity contribution is 5.79. The van der Waals surface area contributed by atoms with Crippen molar-refractivity contribution in [3.63, 3.8) is 0 Å². The molecule has 0 aliphatic rings. The zero-order valence-electron chi connectivity index (χ0n) is 13.7. The second-order valence-corrected chi connectivity index (χ2v) is 5.50. The molecular formula is C18H22FN3O. The average Bonchev–Trinajstić information content (AvgIpc) is 2.52. The lowest BCUT2D eigenvalue weighted by atomic mass is 10.1. The number of aromatic hydroxyl groups is 1. The second-order valence-electron chi connectivity index (χ2n) is 5.50. The van der Waals surface area contributed by atoms with Gasteiger partial charge >= 0.3 is 0 Å². The molecular weight excluding hydrogens is 293 g/mol. The summed E-state index contributed by atoms with van der Waals surface area (Å²) < 4.78 is 13.3. The molecule has 23 heavy (non-hydrogen) atoms. The summed E-state index contributed by atoms with van der Waals surface area (Å²) in [6.45, 7) is 5.24.